The molecule has 98 valence electrons. The second-order valence-corrected chi connectivity index (χ2v) is 5.22. The van der Waals surface area contributed by atoms with Gasteiger partial charge in [0.1, 0.15) is 0 Å². The van der Waals surface area contributed by atoms with Gasteiger partial charge in [-0.2, -0.15) is 0 Å². The van der Waals surface area contributed by atoms with E-state index in [1.807, 2.05) is 0 Å². The van der Waals surface area contributed by atoms with Gasteiger partial charge in [0, 0.05) is 13.1 Å². The molecule has 2 N–H and O–H groups in total. The Balaban J connectivity index is 0.00000256. The van der Waals surface area contributed by atoms with Crippen molar-refractivity contribution in [2.24, 2.45) is 5.73 Å². The Bertz CT molecular complexity index is 160. The van der Waals surface area contributed by atoms with Crippen LogP contribution >= 0.6 is 0 Å². The van der Waals surface area contributed by atoms with Gasteiger partial charge in [0.2, 0.25) is 0 Å². The molecule has 0 amide bonds. The van der Waals surface area contributed by atoms with E-state index in [1.54, 1.807) is 0 Å². The molecule has 3 heteroatoms. The van der Waals surface area contributed by atoms with Crippen molar-refractivity contribution in [2.45, 2.75) is 77.3 Å². The molecule has 0 spiro atoms. The van der Waals surface area contributed by atoms with Gasteiger partial charge >= 0.3 is 29.6 Å². The van der Waals surface area contributed by atoms with Crippen LogP contribution in [0.5, 0.6) is 0 Å². The molecule has 0 saturated carbocycles. The molecule has 2 nitrogen and oxygen atoms in total. The van der Waals surface area contributed by atoms with Crippen molar-refractivity contribution in [1.29, 1.82) is 0 Å². The summed E-state index contributed by atoms with van der Waals surface area (Å²) >= 11 is 0. The summed E-state index contributed by atoms with van der Waals surface area (Å²) in [5.41, 5.74) is 6.00. The minimum atomic E-state index is 0. The van der Waals surface area contributed by atoms with Crippen molar-refractivity contribution >= 4 is 29.6 Å². The van der Waals surface area contributed by atoms with Crippen LogP contribution in [-0.4, -0.2) is 53.7 Å². The zero-order chi connectivity index (χ0) is 11.6. The molecular formula is C14H31N2Na. The molecule has 1 heterocycles. The molecule has 0 bridgehead atoms. The van der Waals surface area contributed by atoms with Gasteiger partial charge in [-0.3, -0.25) is 4.90 Å². The zero-order valence-corrected chi connectivity index (χ0v) is 11.1. The van der Waals surface area contributed by atoms with Crippen LogP contribution in [0.1, 0.15) is 71.1 Å². The summed E-state index contributed by atoms with van der Waals surface area (Å²) in [5.74, 6) is 0. The van der Waals surface area contributed by atoms with Crippen LogP contribution in [0.4, 0.5) is 0 Å². The first-order chi connectivity index (χ1) is 7.84. The Morgan fingerprint density at radius 3 is 1.82 bits per heavy atom. The van der Waals surface area contributed by atoms with E-state index in [4.69, 9.17) is 5.73 Å². The number of unbranched alkanes of at least 4 members (excludes halogenated alkanes) is 8. The molecule has 1 aliphatic heterocycles. The Morgan fingerprint density at radius 2 is 1.35 bits per heavy atom. The molecule has 0 aliphatic carbocycles. The third kappa shape index (κ3) is 10.5. The summed E-state index contributed by atoms with van der Waals surface area (Å²) < 4.78 is 0. The van der Waals surface area contributed by atoms with Crippen molar-refractivity contribution in [3.8, 4) is 0 Å². The van der Waals surface area contributed by atoms with E-state index in [-0.39, 0.29) is 29.6 Å². The number of hydrogen-bond acceptors (Lipinski definition) is 2. The van der Waals surface area contributed by atoms with E-state index < -0.39 is 0 Å². The van der Waals surface area contributed by atoms with Crippen LogP contribution in [0, 0.1) is 0 Å². The molecule has 0 aromatic rings. The van der Waals surface area contributed by atoms with Gasteiger partial charge in [0.15, 0.2) is 0 Å². The van der Waals surface area contributed by atoms with Crippen LogP contribution in [0.2, 0.25) is 0 Å². The van der Waals surface area contributed by atoms with E-state index in [0.29, 0.717) is 6.17 Å². The maximum absolute atomic E-state index is 6.00. The number of hydrogen-bond donors (Lipinski definition) is 1. The maximum atomic E-state index is 6.00. The fourth-order valence-corrected chi connectivity index (χ4v) is 2.24. The molecule has 0 radical (unpaired) electrons. The average molecular weight is 250 g/mol. The van der Waals surface area contributed by atoms with E-state index in [2.05, 4.69) is 11.8 Å². The van der Waals surface area contributed by atoms with Crippen molar-refractivity contribution in [2.75, 3.05) is 13.1 Å². The predicted octanol–water partition coefficient (Wildman–Crippen LogP) is 2.86. The molecular weight excluding hydrogens is 219 g/mol. The molecule has 17 heavy (non-hydrogen) atoms. The van der Waals surface area contributed by atoms with Crippen molar-refractivity contribution in [3.05, 3.63) is 0 Å². The Labute approximate surface area is 130 Å². The third-order valence-electron chi connectivity index (χ3n) is 3.55. The van der Waals surface area contributed by atoms with Crippen LogP contribution in [0.25, 0.3) is 0 Å². The summed E-state index contributed by atoms with van der Waals surface area (Å²) in [6.45, 7) is 4.75. The molecule has 1 aliphatic rings. The first-order valence-electron chi connectivity index (χ1n) is 7.34. The summed E-state index contributed by atoms with van der Waals surface area (Å²) in [6, 6.07) is 0. The molecule has 1 unspecified atom stereocenters. The van der Waals surface area contributed by atoms with Gasteiger partial charge in [0.05, 0.1) is 6.17 Å². The Hall–Kier alpha value is 0.920. The number of nitrogens with two attached hydrogens (primary N) is 1. The molecule has 1 fully saturated rings. The quantitative estimate of drug-likeness (QED) is 0.347. The zero-order valence-electron chi connectivity index (χ0n) is 11.1. The summed E-state index contributed by atoms with van der Waals surface area (Å²) in [6.07, 6.45) is 14.2. The predicted molar refractivity (Wildman–Crippen MR) is 78.5 cm³/mol. The van der Waals surface area contributed by atoms with E-state index in [1.165, 1.54) is 77.3 Å². The second kappa shape index (κ2) is 12.0. The van der Waals surface area contributed by atoms with Gasteiger partial charge < -0.3 is 5.73 Å². The SMILES string of the molecule is CCCCCCCCCCCC(N)N1CC1.[NaH]. The normalized spacial score (nSPS) is 16.6. The topological polar surface area (TPSA) is 29.0 Å². The molecule has 1 rings (SSSR count). The number of rotatable bonds is 11. The van der Waals surface area contributed by atoms with E-state index >= 15 is 0 Å². The average Bonchev–Trinajstić information content (AvgIpc) is 3.10. The van der Waals surface area contributed by atoms with Crippen molar-refractivity contribution < 1.29 is 0 Å². The Morgan fingerprint density at radius 1 is 0.882 bits per heavy atom. The van der Waals surface area contributed by atoms with Crippen LogP contribution in [0.3, 0.4) is 0 Å². The molecule has 0 aromatic carbocycles. The van der Waals surface area contributed by atoms with Gasteiger partial charge in [-0.25, -0.2) is 0 Å². The van der Waals surface area contributed by atoms with Gasteiger partial charge in [-0.15, -0.1) is 0 Å². The Kier molecular flexibility index (Phi) is 12.6. The summed E-state index contributed by atoms with van der Waals surface area (Å²) in [5, 5.41) is 0. The van der Waals surface area contributed by atoms with Crippen LogP contribution < -0.4 is 5.73 Å². The minimum absolute atomic E-state index is 0. The van der Waals surface area contributed by atoms with Crippen molar-refractivity contribution in [3.63, 3.8) is 0 Å². The summed E-state index contributed by atoms with van der Waals surface area (Å²) in [4.78, 5) is 2.35. The van der Waals surface area contributed by atoms with Crippen LogP contribution in [0.15, 0.2) is 0 Å². The second-order valence-electron chi connectivity index (χ2n) is 5.22. The van der Waals surface area contributed by atoms with Gasteiger partial charge in [0.25, 0.3) is 0 Å². The van der Waals surface area contributed by atoms with Gasteiger partial charge in [-0.1, -0.05) is 64.7 Å². The molecule has 1 atom stereocenters. The first-order valence-corrected chi connectivity index (χ1v) is 7.34. The standard InChI is InChI=1S/C14H30N2.Na.H/c1-2-3-4-5-6-7-8-9-10-11-14(15)16-12-13-16;;/h14H,2-13,15H2,1H3;;. The van der Waals surface area contributed by atoms with Gasteiger partial charge in [-0.05, 0) is 6.42 Å². The van der Waals surface area contributed by atoms with E-state index in [9.17, 15) is 0 Å². The third-order valence-corrected chi connectivity index (χ3v) is 3.55. The van der Waals surface area contributed by atoms with Crippen molar-refractivity contribution in [1.82, 2.24) is 4.90 Å². The fourth-order valence-electron chi connectivity index (χ4n) is 2.24. The fraction of sp³-hybridized carbons (Fsp3) is 1.00. The van der Waals surface area contributed by atoms with Crippen LogP contribution in [-0.2, 0) is 0 Å². The molecule has 0 aromatic heterocycles. The monoisotopic (exact) mass is 250 g/mol. The summed E-state index contributed by atoms with van der Waals surface area (Å²) in [7, 11) is 0. The first kappa shape index (κ1) is 17.9. The van der Waals surface area contributed by atoms with E-state index in [0.717, 1.165) is 0 Å². The number of nitrogens with zero attached hydrogens (tertiary/aromatic N) is 1. The molecule has 1 saturated heterocycles.